The fourth-order valence-corrected chi connectivity index (χ4v) is 2.00. The molecule has 0 aliphatic rings. The van der Waals surface area contributed by atoms with Crippen LogP contribution in [0.1, 0.15) is 21.5 Å². The van der Waals surface area contributed by atoms with E-state index in [0.29, 0.717) is 11.1 Å². The lowest BCUT2D eigenvalue weighted by molar-refractivity contribution is -0.385. The van der Waals surface area contributed by atoms with Crippen molar-refractivity contribution in [1.82, 2.24) is 0 Å². The van der Waals surface area contributed by atoms with Crippen LogP contribution in [0.25, 0.3) is 0 Å². The third-order valence-corrected chi connectivity index (χ3v) is 3.11. The first kappa shape index (κ1) is 14.5. The molecule has 0 aromatic heterocycles. The summed E-state index contributed by atoms with van der Waals surface area (Å²) < 4.78 is 0. The number of aromatic hydroxyl groups is 2. The summed E-state index contributed by atoms with van der Waals surface area (Å²) in [7, 11) is 0. The molecule has 0 atom stereocenters. The molecule has 2 N–H and O–H groups in total. The minimum Gasteiger partial charge on any atom is -0.508 e. The first-order valence-corrected chi connectivity index (χ1v) is 6.17. The lowest BCUT2D eigenvalue weighted by Gasteiger charge is -2.06. The van der Waals surface area contributed by atoms with Crippen LogP contribution in [0.3, 0.4) is 0 Å². The second kappa shape index (κ2) is 5.62. The van der Waals surface area contributed by atoms with Gasteiger partial charge in [-0.15, -0.1) is 0 Å². The van der Waals surface area contributed by atoms with E-state index in [4.69, 9.17) is 0 Å². The van der Waals surface area contributed by atoms with Crippen LogP contribution in [0.4, 0.5) is 5.69 Å². The van der Waals surface area contributed by atoms with E-state index < -0.39 is 10.7 Å². The summed E-state index contributed by atoms with van der Waals surface area (Å²) in [4.78, 5) is 22.3. The number of carbonyl (C=O) groups is 1. The predicted molar refractivity (Wildman–Crippen MR) is 75.6 cm³/mol. The van der Waals surface area contributed by atoms with Gasteiger partial charge in [0.15, 0.2) is 5.78 Å². The number of nitrogens with zero attached hydrogens (tertiary/aromatic N) is 1. The highest BCUT2D eigenvalue weighted by molar-refractivity contribution is 6.00. The Labute approximate surface area is 120 Å². The van der Waals surface area contributed by atoms with Crippen LogP contribution >= 0.6 is 0 Å². The molecule has 0 spiro atoms. The smallest absolute Gasteiger partial charge is 0.276 e. The Balaban J connectivity index is 2.29. The summed E-state index contributed by atoms with van der Waals surface area (Å²) in [5.41, 5.74) is 0.805. The summed E-state index contributed by atoms with van der Waals surface area (Å²) in [6.45, 7) is 1.51. The largest absolute Gasteiger partial charge is 0.508 e. The van der Waals surface area contributed by atoms with Crippen molar-refractivity contribution < 1.29 is 19.9 Å². The fraction of sp³-hybridized carbons (Fsp3) is 0.133. The Morgan fingerprint density at radius 1 is 1.19 bits per heavy atom. The van der Waals surface area contributed by atoms with Crippen molar-refractivity contribution in [2.75, 3.05) is 0 Å². The lowest BCUT2D eigenvalue weighted by Crippen LogP contribution is -2.05. The number of ketones is 1. The van der Waals surface area contributed by atoms with Gasteiger partial charge in [0.25, 0.3) is 5.69 Å². The summed E-state index contributed by atoms with van der Waals surface area (Å²) in [5.74, 6) is -0.660. The van der Waals surface area contributed by atoms with Crippen molar-refractivity contribution in [3.8, 4) is 11.5 Å². The first-order chi connectivity index (χ1) is 9.88. The molecule has 2 rings (SSSR count). The number of phenolic OH excluding ortho intramolecular Hbond substituents is 2. The van der Waals surface area contributed by atoms with Gasteiger partial charge in [0.2, 0.25) is 0 Å². The number of nitro benzene ring substituents is 1. The summed E-state index contributed by atoms with van der Waals surface area (Å²) >= 11 is 0. The predicted octanol–water partition coefficient (Wildman–Crippen LogP) is 2.74. The zero-order valence-electron chi connectivity index (χ0n) is 11.2. The minimum absolute atomic E-state index is 0.0328. The van der Waals surface area contributed by atoms with Crippen LogP contribution in [0.2, 0.25) is 0 Å². The number of aryl methyl sites for hydroxylation is 1. The molecule has 0 saturated heterocycles. The van der Waals surface area contributed by atoms with E-state index in [-0.39, 0.29) is 29.2 Å². The molecular weight excluding hydrogens is 274 g/mol. The molecule has 0 amide bonds. The van der Waals surface area contributed by atoms with Gasteiger partial charge in [-0.05, 0) is 30.7 Å². The van der Waals surface area contributed by atoms with E-state index in [2.05, 4.69) is 0 Å². The normalized spacial score (nSPS) is 10.3. The SMILES string of the molecule is Cc1cc(C(=O)Cc2ccc(O)cc2)c(O)cc1[N+](=O)[O-]. The van der Waals surface area contributed by atoms with Crippen LogP contribution in [0.5, 0.6) is 11.5 Å². The van der Waals surface area contributed by atoms with Gasteiger partial charge in [0, 0.05) is 12.0 Å². The maximum atomic E-state index is 12.2. The Morgan fingerprint density at radius 2 is 1.81 bits per heavy atom. The van der Waals surface area contributed by atoms with Gasteiger partial charge in [-0.25, -0.2) is 0 Å². The molecule has 0 heterocycles. The van der Waals surface area contributed by atoms with Gasteiger partial charge in [-0.3, -0.25) is 14.9 Å². The molecule has 2 aromatic rings. The van der Waals surface area contributed by atoms with Gasteiger partial charge in [-0.1, -0.05) is 12.1 Å². The van der Waals surface area contributed by atoms with Crippen LogP contribution in [-0.4, -0.2) is 20.9 Å². The Kier molecular flexibility index (Phi) is 3.89. The van der Waals surface area contributed by atoms with E-state index in [9.17, 15) is 25.1 Å². The maximum Gasteiger partial charge on any atom is 0.276 e. The van der Waals surface area contributed by atoms with Crippen molar-refractivity contribution >= 4 is 11.5 Å². The molecule has 0 radical (unpaired) electrons. The zero-order chi connectivity index (χ0) is 15.6. The first-order valence-electron chi connectivity index (χ1n) is 6.17. The molecule has 108 valence electrons. The van der Waals surface area contributed by atoms with Crippen molar-refractivity contribution in [2.24, 2.45) is 0 Å². The highest BCUT2D eigenvalue weighted by Gasteiger charge is 2.19. The number of rotatable bonds is 4. The second-order valence-electron chi connectivity index (χ2n) is 4.68. The topological polar surface area (TPSA) is 101 Å². The van der Waals surface area contributed by atoms with Crippen LogP contribution in [-0.2, 0) is 6.42 Å². The van der Waals surface area contributed by atoms with Gasteiger partial charge in [0.1, 0.15) is 11.5 Å². The van der Waals surface area contributed by atoms with Crippen LogP contribution in [0.15, 0.2) is 36.4 Å². The second-order valence-corrected chi connectivity index (χ2v) is 4.68. The molecule has 0 unspecified atom stereocenters. The number of nitro groups is 1. The van der Waals surface area contributed by atoms with Crippen molar-refractivity contribution in [3.05, 3.63) is 63.2 Å². The van der Waals surface area contributed by atoms with Crippen LogP contribution in [0, 0.1) is 17.0 Å². The molecule has 21 heavy (non-hydrogen) atoms. The van der Waals surface area contributed by atoms with Gasteiger partial charge in [-0.2, -0.15) is 0 Å². The number of hydrogen-bond acceptors (Lipinski definition) is 5. The van der Waals surface area contributed by atoms with Crippen LogP contribution < -0.4 is 0 Å². The number of benzene rings is 2. The zero-order valence-corrected chi connectivity index (χ0v) is 11.2. The molecule has 0 fully saturated rings. The van der Waals surface area contributed by atoms with Crippen molar-refractivity contribution in [2.45, 2.75) is 13.3 Å². The summed E-state index contributed by atoms with van der Waals surface area (Å²) in [6, 6.07) is 8.42. The Hall–Kier alpha value is -2.89. The van der Waals surface area contributed by atoms with E-state index in [1.807, 2.05) is 0 Å². The molecule has 0 aliphatic heterocycles. The maximum absolute atomic E-state index is 12.2. The number of carbonyl (C=O) groups excluding carboxylic acids is 1. The number of phenols is 2. The van der Waals surface area contributed by atoms with E-state index in [0.717, 1.165) is 6.07 Å². The van der Waals surface area contributed by atoms with Gasteiger partial charge in [0.05, 0.1) is 16.6 Å². The fourth-order valence-electron chi connectivity index (χ4n) is 2.00. The summed E-state index contributed by atoms with van der Waals surface area (Å²) in [5, 5.41) is 29.7. The Morgan fingerprint density at radius 3 is 2.38 bits per heavy atom. The quantitative estimate of drug-likeness (QED) is 0.511. The molecule has 0 aliphatic carbocycles. The van der Waals surface area contributed by atoms with Crippen molar-refractivity contribution in [1.29, 1.82) is 0 Å². The van der Waals surface area contributed by atoms with Crippen molar-refractivity contribution in [3.63, 3.8) is 0 Å². The van der Waals surface area contributed by atoms with Gasteiger partial charge >= 0.3 is 0 Å². The minimum atomic E-state index is -0.608. The monoisotopic (exact) mass is 287 g/mol. The molecular formula is C15H13NO5. The third-order valence-electron chi connectivity index (χ3n) is 3.11. The average Bonchev–Trinajstić information content (AvgIpc) is 2.43. The lowest BCUT2D eigenvalue weighted by atomic mass is 9.99. The third kappa shape index (κ3) is 3.17. The van der Waals surface area contributed by atoms with E-state index >= 15 is 0 Å². The number of hydrogen-bond donors (Lipinski definition) is 2. The van der Waals surface area contributed by atoms with E-state index in [1.165, 1.54) is 25.1 Å². The standard InChI is InChI=1S/C15H13NO5/c1-9-6-12(15(19)8-13(9)16(20)21)14(18)7-10-2-4-11(17)5-3-10/h2-6,8,17,19H,7H2,1H3. The number of Topliss-reactive ketones (excluding diaryl/α,β-unsaturated/α-hetero) is 1. The molecule has 6 nitrogen and oxygen atoms in total. The van der Waals surface area contributed by atoms with E-state index in [1.54, 1.807) is 12.1 Å². The molecule has 0 bridgehead atoms. The highest BCUT2D eigenvalue weighted by atomic mass is 16.6. The van der Waals surface area contributed by atoms with Gasteiger partial charge < -0.3 is 10.2 Å². The molecule has 0 saturated carbocycles. The summed E-state index contributed by atoms with van der Waals surface area (Å²) in [6.07, 6.45) is 0.0328. The average molecular weight is 287 g/mol. The molecule has 2 aromatic carbocycles. The molecule has 6 heteroatoms. The highest BCUT2D eigenvalue weighted by Crippen LogP contribution is 2.28. The Bertz CT molecular complexity index is 707.